The number of methoxy groups -OCH3 is 1. The van der Waals surface area contributed by atoms with Crippen LogP contribution in [0, 0.1) is 5.92 Å². The lowest BCUT2D eigenvalue weighted by Crippen LogP contribution is -2.29. The van der Waals surface area contributed by atoms with Gasteiger partial charge in [0.05, 0.1) is 7.11 Å². The first kappa shape index (κ1) is 14.3. The van der Waals surface area contributed by atoms with Crippen molar-refractivity contribution in [3.05, 3.63) is 23.9 Å². The number of carboxylic acids is 1. The quantitative estimate of drug-likeness (QED) is 0.881. The van der Waals surface area contributed by atoms with Crippen molar-refractivity contribution in [3.8, 4) is 5.88 Å². The summed E-state index contributed by atoms with van der Waals surface area (Å²) in [4.78, 5) is 28.7. The summed E-state index contributed by atoms with van der Waals surface area (Å²) in [6.45, 7) is 1.26. The standard InChI is InChI=1S/C14H18N2O4/c1-20-13-11(3-2-7-15-13)14(19)16-8-6-10(9-16)4-5-12(17)18/h2-3,7,10H,4-6,8-9H2,1H3,(H,17,18). The molecule has 20 heavy (non-hydrogen) atoms. The number of aromatic nitrogens is 1. The van der Waals surface area contributed by atoms with E-state index in [9.17, 15) is 9.59 Å². The maximum atomic E-state index is 12.4. The van der Waals surface area contributed by atoms with Gasteiger partial charge in [-0.3, -0.25) is 9.59 Å². The fourth-order valence-electron chi connectivity index (χ4n) is 2.47. The van der Waals surface area contributed by atoms with Crippen LogP contribution >= 0.6 is 0 Å². The highest BCUT2D eigenvalue weighted by atomic mass is 16.5. The first-order valence-corrected chi connectivity index (χ1v) is 6.62. The largest absolute Gasteiger partial charge is 0.481 e. The zero-order chi connectivity index (χ0) is 14.5. The van der Waals surface area contributed by atoms with Crippen LogP contribution in [0.25, 0.3) is 0 Å². The van der Waals surface area contributed by atoms with Crippen LogP contribution in [-0.2, 0) is 4.79 Å². The number of aliphatic carboxylic acids is 1. The molecule has 6 heteroatoms. The van der Waals surface area contributed by atoms with Gasteiger partial charge in [0.15, 0.2) is 0 Å². The van der Waals surface area contributed by atoms with Gasteiger partial charge in [0, 0.05) is 25.7 Å². The maximum absolute atomic E-state index is 12.4. The molecule has 2 heterocycles. The van der Waals surface area contributed by atoms with Crippen molar-refractivity contribution in [3.63, 3.8) is 0 Å². The molecule has 0 bridgehead atoms. The number of rotatable bonds is 5. The van der Waals surface area contributed by atoms with Gasteiger partial charge < -0.3 is 14.7 Å². The van der Waals surface area contributed by atoms with Gasteiger partial charge in [-0.2, -0.15) is 0 Å². The van der Waals surface area contributed by atoms with E-state index in [0.717, 1.165) is 6.42 Å². The monoisotopic (exact) mass is 278 g/mol. The summed E-state index contributed by atoms with van der Waals surface area (Å²) < 4.78 is 5.10. The van der Waals surface area contributed by atoms with Crippen LogP contribution in [0.15, 0.2) is 18.3 Å². The van der Waals surface area contributed by atoms with Gasteiger partial charge in [-0.15, -0.1) is 0 Å². The van der Waals surface area contributed by atoms with E-state index in [2.05, 4.69) is 4.98 Å². The molecule has 1 saturated heterocycles. The second-order valence-corrected chi connectivity index (χ2v) is 4.90. The number of carbonyl (C=O) groups excluding carboxylic acids is 1. The van der Waals surface area contributed by atoms with Gasteiger partial charge in [0.2, 0.25) is 5.88 Å². The number of carbonyl (C=O) groups is 2. The molecule has 0 aliphatic carbocycles. The molecule has 108 valence electrons. The number of pyridine rings is 1. The Balaban J connectivity index is 1.99. The first-order valence-electron chi connectivity index (χ1n) is 6.62. The lowest BCUT2D eigenvalue weighted by atomic mass is 10.0. The van der Waals surface area contributed by atoms with Crippen molar-refractivity contribution >= 4 is 11.9 Å². The Morgan fingerprint density at radius 1 is 1.55 bits per heavy atom. The summed E-state index contributed by atoms with van der Waals surface area (Å²) in [5.41, 5.74) is 0.453. The second-order valence-electron chi connectivity index (χ2n) is 4.90. The normalized spacial score (nSPS) is 18.1. The molecule has 1 atom stereocenters. The smallest absolute Gasteiger partial charge is 0.303 e. The fourth-order valence-corrected chi connectivity index (χ4v) is 2.47. The van der Waals surface area contributed by atoms with Crippen molar-refractivity contribution in [1.29, 1.82) is 0 Å². The molecule has 0 spiro atoms. The van der Waals surface area contributed by atoms with E-state index in [1.807, 2.05) is 0 Å². The van der Waals surface area contributed by atoms with Gasteiger partial charge in [-0.05, 0) is 30.9 Å². The van der Waals surface area contributed by atoms with E-state index in [4.69, 9.17) is 9.84 Å². The molecule has 1 unspecified atom stereocenters. The number of amides is 1. The Morgan fingerprint density at radius 2 is 2.35 bits per heavy atom. The van der Waals surface area contributed by atoms with Crippen LogP contribution in [0.4, 0.5) is 0 Å². The summed E-state index contributed by atoms with van der Waals surface area (Å²) in [5.74, 6) is -0.305. The van der Waals surface area contributed by atoms with Gasteiger partial charge in [0.25, 0.3) is 5.91 Å². The lowest BCUT2D eigenvalue weighted by Gasteiger charge is -2.17. The maximum Gasteiger partial charge on any atom is 0.303 e. The third-order valence-electron chi connectivity index (χ3n) is 3.53. The summed E-state index contributed by atoms with van der Waals surface area (Å²) in [6.07, 6.45) is 3.20. The van der Waals surface area contributed by atoms with Crippen molar-refractivity contribution in [2.75, 3.05) is 20.2 Å². The predicted octanol–water partition coefficient (Wildman–Crippen LogP) is 1.42. The zero-order valence-corrected chi connectivity index (χ0v) is 11.4. The van der Waals surface area contributed by atoms with E-state index in [1.165, 1.54) is 7.11 Å². The van der Waals surface area contributed by atoms with Crippen molar-refractivity contribution < 1.29 is 19.4 Å². The minimum Gasteiger partial charge on any atom is -0.481 e. The second kappa shape index (κ2) is 6.36. The van der Waals surface area contributed by atoms with Gasteiger partial charge in [-0.1, -0.05) is 0 Å². The van der Waals surface area contributed by atoms with Crippen LogP contribution in [0.5, 0.6) is 5.88 Å². The number of carboxylic acid groups (broad SMARTS) is 1. The molecule has 2 rings (SSSR count). The molecule has 1 N–H and O–H groups in total. The van der Waals surface area contributed by atoms with Gasteiger partial charge >= 0.3 is 5.97 Å². The Morgan fingerprint density at radius 3 is 3.05 bits per heavy atom. The highest BCUT2D eigenvalue weighted by molar-refractivity contribution is 5.96. The molecule has 1 fully saturated rings. The Bertz CT molecular complexity index is 504. The molecule has 0 aromatic carbocycles. The van der Waals surface area contributed by atoms with E-state index < -0.39 is 5.97 Å². The molecule has 1 aliphatic rings. The molecule has 0 radical (unpaired) electrons. The molecule has 0 saturated carbocycles. The van der Waals surface area contributed by atoms with Crippen molar-refractivity contribution in [2.45, 2.75) is 19.3 Å². The average molecular weight is 278 g/mol. The molecular weight excluding hydrogens is 260 g/mol. The molecular formula is C14H18N2O4. The first-order chi connectivity index (χ1) is 9.61. The van der Waals surface area contributed by atoms with Crippen molar-refractivity contribution in [2.24, 2.45) is 5.92 Å². The molecule has 1 amide bonds. The molecule has 1 aromatic heterocycles. The number of hydrogen-bond donors (Lipinski definition) is 1. The summed E-state index contributed by atoms with van der Waals surface area (Å²) in [6, 6.07) is 3.40. The topological polar surface area (TPSA) is 79.7 Å². The van der Waals surface area contributed by atoms with Crippen molar-refractivity contribution in [1.82, 2.24) is 9.88 Å². The number of ether oxygens (including phenoxy) is 1. The minimum absolute atomic E-state index is 0.104. The van der Waals surface area contributed by atoms with Gasteiger partial charge in [0.1, 0.15) is 5.56 Å². The van der Waals surface area contributed by atoms with Crippen LogP contribution < -0.4 is 4.74 Å². The third-order valence-corrected chi connectivity index (χ3v) is 3.53. The Kier molecular flexibility index (Phi) is 4.55. The number of nitrogens with zero attached hydrogens (tertiary/aromatic N) is 2. The third kappa shape index (κ3) is 3.26. The van der Waals surface area contributed by atoms with E-state index in [1.54, 1.807) is 23.2 Å². The summed E-state index contributed by atoms with van der Waals surface area (Å²) in [7, 11) is 1.48. The van der Waals surface area contributed by atoms with Gasteiger partial charge in [-0.25, -0.2) is 4.98 Å². The number of likely N-dealkylation sites (tertiary alicyclic amines) is 1. The summed E-state index contributed by atoms with van der Waals surface area (Å²) >= 11 is 0. The highest BCUT2D eigenvalue weighted by Gasteiger charge is 2.28. The zero-order valence-electron chi connectivity index (χ0n) is 11.4. The van der Waals surface area contributed by atoms with Crippen LogP contribution in [0.3, 0.4) is 0 Å². The lowest BCUT2D eigenvalue weighted by molar-refractivity contribution is -0.137. The molecule has 1 aliphatic heterocycles. The van der Waals surface area contributed by atoms with E-state index >= 15 is 0 Å². The highest BCUT2D eigenvalue weighted by Crippen LogP contribution is 2.24. The van der Waals surface area contributed by atoms with E-state index in [-0.39, 0.29) is 18.2 Å². The minimum atomic E-state index is -0.788. The molecule has 1 aromatic rings. The fraction of sp³-hybridized carbons (Fsp3) is 0.500. The van der Waals surface area contributed by atoms with Crippen LogP contribution in [0.1, 0.15) is 29.6 Å². The Labute approximate surface area is 117 Å². The Hall–Kier alpha value is -2.11. The average Bonchev–Trinajstić information content (AvgIpc) is 2.93. The van der Waals surface area contributed by atoms with Crippen LogP contribution in [0.2, 0.25) is 0 Å². The SMILES string of the molecule is COc1ncccc1C(=O)N1CCC(CCC(=O)O)C1. The summed E-state index contributed by atoms with van der Waals surface area (Å²) in [5, 5.41) is 8.69. The van der Waals surface area contributed by atoms with E-state index in [0.29, 0.717) is 31.0 Å². The predicted molar refractivity (Wildman–Crippen MR) is 71.7 cm³/mol. The van der Waals surface area contributed by atoms with Crippen LogP contribution in [-0.4, -0.2) is 47.1 Å². The number of hydrogen-bond acceptors (Lipinski definition) is 4. The molecule has 6 nitrogen and oxygen atoms in total.